The van der Waals surface area contributed by atoms with Crippen LogP contribution in [-0.2, 0) is 5.41 Å². The first-order valence-corrected chi connectivity index (χ1v) is 8.30. The number of nitrogens with zero attached hydrogens (tertiary/aromatic N) is 1. The molecule has 0 bridgehead atoms. The maximum absolute atomic E-state index is 6.40. The summed E-state index contributed by atoms with van der Waals surface area (Å²) in [5.41, 5.74) is 13.8. The Morgan fingerprint density at radius 2 is 1.54 bits per heavy atom. The number of rotatable bonds is 3. The third-order valence-corrected chi connectivity index (χ3v) is 4.22. The molecule has 0 heterocycles. The number of hydrazine groups is 1. The second-order valence-corrected chi connectivity index (χ2v) is 7.53. The van der Waals surface area contributed by atoms with Gasteiger partial charge >= 0.3 is 0 Å². The molecule has 3 heteroatoms. The van der Waals surface area contributed by atoms with Gasteiger partial charge in [-0.15, -0.1) is 0 Å². The predicted octanol–water partition coefficient (Wildman–Crippen LogP) is 4.55. The third kappa shape index (κ3) is 3.80. The van der Waals surface area contributed by atoms with Crippen molar-refractivity contribution in [2.75, 3.05) is 5.01 Å². The van der Waals surface area contributed by atoms with Gasteiger partial charge in [0.25, 0.3) is 0 Å². The average Bonchev–Trinajstić information content (AvgIpc) is 2.45. The predicted molar refractivity (Wildman–Crippen MR) is 105 cm³/mol. The molecule has 0 atom stereocenters. The summed E-state index contributed by atoms with van der Waals surface area (Å²) in [7, 11) is 0. The molecule has 0 aliphatic heterocycles. The van der Waals surface area contributed by atoms with Gasteiger partial charge in [-0.2, -0.15) is 0 Å². The molecule has 0 amide bonds. The van der Waals surface area contributed by atoms with E-state index in [-0.39, 0.29) is 5.41 Å². The molecule has 2 aromatic rings. The normalized spacial score (nSPS) is 12.4. The van der Waals surface area contributed by atoms with Gasteiger partial charge < -0.3 is 5.73 Å². The van der Waals surface area contributed by atoms with E-state index in [2.05, 4.69) is 65.8 Å². The van der Waals surface area contributed by atoms with Crippen LogP contribution in [-0.4, -0.2) is 0 Å². The van der Waals surface area contributed by atoms with Crippen molar-refractivity contribution in [2.24, 2.45) is 11.6 Å². The van der Waals surface area contributed by atoms with Gasteiger partial charge in [0.15, 0.2) is 0 Å². The molecular weight excluding hydrogens is 294 g/mol. The lowest BCUT2D eigenvalue weighted by molar-refractivity contribution is 0.588. The van der Waals surface area contributed by atoms with Gasteiger partial charge in [-0.1, -0.05) is 62.7 Å². The summed E-state index contributed by atoms with van der Waals surface area (Å²) < 4.78 is 0. The van der Waals surface area contributed by atoms with Crippen LogP contribution in [0.3, 0.4) is 0 Å². The molecule has 0 spiro atoms. The summed E-state index contributed by atoms with van der Waals surface area (Å²) in [4.78, 5) is 0. The van der Waals surface area contributed by atoms with Crippen molar-refractivity contribution >= 4 is 11.4 Å². The van der Waals surface area contributed by atoms with E-state index < -0.39 is 0 Å². The Hall–Kier alpha value is -2.26. The first-order valence-electron chi connectivity index (χ1n) is 8.30. The third-order valence-electron chi connectivity index (χ3n) is 4.22. The first-order chi connectivity index (χ1) is 11.1. The van der Waals surface area contributed by atoms with E-state index in [9.17, 15) is 0 Å². The number of anilines is 1. The van der Waals surface area contributed by atoms with Crippen LogP contribution in [0.1, 0.15) is 48.6 Å². The van der Waals surface area contributed by atoms with E-state index >= 15 is 0 Å². The quantitative estimate of drug-likeness (QED) is 0.644. The van der Waals surface area contributed by atoms with Crippen molar-refractivity contribution in [2.45, 2.75) is 47.0 Å². The molecule has 0 radical (unpaired) electrons. The Morgan fingerprint density at radius 3 is 2.08 bits per heavy atom. The summed E-state index contributed by atoms with van der Waals surface area (Å²) in [6, 6.07) is 12.5. The van der Waals surface area contributed by atoms with Crippen molar-refractivity contribution in [3.8, 4) is 0 Å². The van der Waals surface area contributed by atoms with Gasteiger partial charge in [0.05, 0.1) is 11.4 Å². The smallest absolute Gasteiger partial charge is 0.0627 e. The van der Waals surface area contributed by atoms with Crippen molar-refractivity contribution in [1.82, 2.24) is 0 Å². The fraction of sp³-hybridized carbons (Fsp3) is 0.333. The van der Waals surface area contributed by atoms with E-state index in [1.165, 1.54) is 11.1 Å². The molecule has 0 aliphatic rings. The molecule has 0 unspecified atom stereocenters. The van der Waals surface area contributed by atoms with E-state index in [0.717, 1.165) is 22.4 Å². The van der Waals surface area contributed by atoms with Crippen LogP contribution in [0.4, 0.5) is 5.69 Å². The molecule has 0 saturated heterocycles. The number of hydrogen-bond acceptors (Lipinski definition) is 3. The van der Waals surface area contributed by atoms with Crippen molar-refractivity contribution in [3.05, 3.63) is 70.4 Å². The van der Waals surface area contributed by atoms with E-state index in [1.807, 2.05) is 18.3 Å². The highest BCUT2D eigenvalue weighted by Crippen LogP contribution is 2.30. The SMILES string of the molecule is Cc1cc(C)c(N(N)/C=C(\N)c2ccccc2C(C)(C)C)c(C)c1. The summed E-state index contributed by atoms with van der Waals surface area (Å²) in [5.74, 6) is 6.32. The maximum atomic E-state index is 6.40. The van der Waals surface area contributed by atoms with Gasteiger partial charge in [0, 0.05) is 11.8 Å². The van der Waals surface area contributed by atoms with Crippen molar-refractivity contribution in [3.63, 3.8) is 0 Å². The van der Waals surface area contributed by atoms with Crippen LogP contribution < -0.4 is 16.6 Å². The molecule has 2 rings (SSSR count). The lowest BCUT2D eigenvalue weighted by Gasteiger charge is -2.25. The maximum Gasteiger partial charge on any atom is 0.0627 e. The summed E-state index contributed by atoms with van der Waals surface area (Å²) in [6.07, 6.45) is 1.81. The summed E-state index contributed by atoms with van der Waals surface area (Å²) in [5, 5.41) is 1.64. The highest BCUT2D eigenvalue weighted by molar-refractivity contribution is 5.71. The van der Waals surface area contributed by atoms with Crippen LogP contribution in [0.15, 0.2) is 42.6 Å². The van der Waals surface area contributed by atoms with Crippen LogP contribution >= 0.6 is 0 Å². The van der Waals surface area contributed by atoms with Crippen LogP contribution in [0, 0.1) is 20.8 Å². The van der Waals surface area contributed by atoms with Crippen molar-refractivity contribution < 1.29 is 0 Å². The van der Waals surface area contributed by atoms with Crippen molar-refractivity contribution in [1.29, 1.82) is 0 Å². The standard InChI is InChI=1S/C21H29N3/c1-14-11-15(2)20(16(3)12-14)24(23)13-19(22)17-9-7-8-10-18(17)21(4,5)6/h7-13H,22-23H2,1-6H3/b19-13-. The minimum Gasteiger partial charge on any atom is -0.397 e. The largest absolute Gasteiger partial charge is 0.397 e. The fourth-order valence-electron chi connectivity index (χ4n) is 3.25. The second-order valence-electron chi connectivity index (χ2n) is 7.53. The molecule has 0 fully saturated rings. The minimum atomic E-state index is 0.0180. The zero-order chi connectivity index (χ0) is 18.1. The fourth-order valence-corrected chi connectivity index (χ4v) is 3.25. The van der Waals surface area contributed by atoms with E-state index in [4.69, 9.17) is 11.6 Å². The number of hydrogen-bond donors (Lipinski definition) is 2. The highest BCUT2D eigenvalue weighted by atomic mass is 15.4. The van der Waals surface area contributed by atoms with Gasteiger partial charge in [-0.05, 0) is 42.9 Å². The summed E-state index contributed by atoms with van der Waals surface area (Å²) in [6.45, 7) is 12.8. The Morgan fingerprint density at radius 1 is 1.00 bits per heavy atom. The molecule has 2 aromatic carbocycles. The lowest BCUT2D eigenvalue weighted by Crippen LogP contribution is -2.28. The van der Waals surface area contributed by atoms with E-state index in [1.54, 1.807) is 5.01 Å². The minimum absolute atomic E-state index is 0.0180. The Balaban J connectivity index is 2.46. The van der Waals surface area contributed by atoms with Gasteiger partial charge in [-0.3, -0.25) is 5.01 Å². The zero-order valence-electron chi connectivity index (χ0n) is 15.6. The molecule has 0 aliphatic carbocycles. The van der Waals surface area contributed by atoms with Crippen LogP contribution in [0.2, 0.25) is 0 Å². The Kier molecular flexibility index (Phi) is 5.05. The average molecular weight is 323 g/mol. The van der Waals surface area contributed by atoms with Gasteiger partial charge in [0.2, 0.25) is 0 Å². The zero-order valence-corrected chi connectivity index (χ0v) is 15.6. The molecule has 24 heavy (non-hydrogen) atoms. The molecule has 128 valence electrons. The molecule has 4 N–H and O–H groups in total. The number of benzene rings is 2. The Labute approximate surface area is 145 Å². The molecule has 0 aromatic heterocycles. The summed E-state index contributed by atoms with van der Waals surface area (Å²) >= 11 is 0. The second kappa shape index (κ2) is 6.70. The molecular formula is C21H29N3. The van der Waals surface area contributed by atoms with Crippen LogP contribution in [0.25, 0.3) is 5.70 Å². The number of nitrogens with two attached hydrogens (primary N) is 2. The van der Waals surface area contributed by atoms with Crippen LogP contribution in [0.5, 0.6) is 0 Å². The molecule has 0 saturated carbocycles. The van der Waals surface area contributed by atoms with E-state index in [0.29, 0.717) is 5.70 Å². The topological polar surface area (TPSA) is 55.3 Å². The van der Waals surface area contributed by atoms with Gasteiger partial charge in [0.1, 0.15) is 0 Å². The monoisotopic (exact) mass is 323 g/mol. The lowest BCUT2D eigenvalue weighted by atomic mass is 9.83. The number of aryl methyl sites for hydroxylation is 3. The molecule has 3 nitrogen and oxygen atoms in total. The van der Waals surface area contributed by atoms with Gasteiger partial charge in [-0.25, -0.2) is 5.84 Å². The first kappa shape index (κ1) is 18.1. The highest BCUT2D eigenvalue weighted by Gasteiger charge is 2.19. The Bertz CT molecular complexity index is 744.